The van der Waals surface area contributed by atoms with Crippen LogP contribution in [0.3, 0.4) is 0 Å². The van der Waals surface area contributed by atoms with Gasteiger partial charge in [-0.05, 0) is 67.4 Å². The molecule has 0 spiro atoms. The lowest BCUT2D eigenvalue weighted by molar-refractivity contribution is -0.110. The van der Waals surface area contributed by atoms with E-state index in [1.807, 2.05) is 36.4 Å². The zero-order valence-corrected chi connectivity index (χ0v) is 20.4. The number of nitrogens with one attached hydrogen (secondary N) is 2. The summed E-state index contributed by atoms with van der Waals surface area (Å²) in [7, 11) is 0. The maximum atomic E-state index is 14.3. The highest BCUT2D eigenvalue weighted by Crippen LogP contribution is 2.41. The van der Waals surface area contributed by atoms with Crippen molar-refractivity contribution >= 4 is 33.8 Å². The van der Waals surface area contributed by atoms with Crippen LogP contribution < -0.4 is 10.1 Å². The van der Waals surface area contributed by atoms with Gasteiger partial charge >= 0.3 is 0 Å². The number of aromatic amines is 1. The third-order valence-corrected chi connectivity index (χ3v) is 7.05. The number of carbonyl (C=O) groups is 1. The summed E-state index contributed by atoms with van der Waals surface area (Å²) in [5, 5.41) is 2.89. The number of nitrogens with zero attached hydrogens (tertiary/aromatic N) is 2. The summed E-state index contributed by atoms with van der Waals surface area (Å²) in [5.41, 5.74) is 3.47. The van der Waals surface area contributed by atoms with Crippen molar-refractivity contribution < 1.29 is 18.3 Å². The Balaban J connectivity index is 1.48. The van der Waals surface area contributed by atoms with Crippen LogP contribution >= 0.6 is 0 Å². The van der Waals surface area contributed by atoms with Gasteiger partial charge in [0.25, 0.3) is 5.91 Å². The second kappa shape index (κ2) is 9.44. The van der Waals surface area contributed by atoms with Gasteiger partial charge in [0.1, 0.15) is 29.3 Å². The summed E-state index contributed by atoms with van der Waals surface area (Å²) in [5.74, 6) is -0.847. The standard InChI is InChI=1S/C29H26F2N4O2/c1-2-35-11-9-20(10-12-35)37-21-7-8-23-22(16-21)27(29(36)34-23)26(17-13-18(30)15-19(31)14-17)28-32-24-5-3-4-6-25(24)33-28/h3-8,13-16,20H,2,9-12H2,1H3,(H,32,33)(H,34,36)/b27-26-. The Kier molecular flexibility index (Phi) is 5.96. The van der Waals surface area contributed by atoms with Crippen molar-refractivity contribution in [2.24, 2.45) is 0 Å². The maximum Gasteiger partial charge on any atom is 0.257 e. The van der Waals surface area contributed by atoms with Crippen LogP contribution in [0.25, 0.3) is 22.2 Å². The van der Waals surface area contributed by atoms with Gasteiger partial charge in [0.05, 0.1) is 16.6 Å². The van der Waals surface area contributed by atoms with Crippen LogP contribution in [-0.4, -0.2) is 46.5 Å². The monoisotopic (exact) mass is 500 g/mol. The molecule has 2 aliphatic rings. The number of amides is 1. The van der Waals surface area contributed by atoms with Crippen molar-refractivity contribution in [2.45, 2.75) is 25.9 Å². The van der Waals surface area contributed by atoms with E-state index in [0.717, 1.165) is 44.1 Å². The molecule has 3 aromatic carbocycles. The first kappa shape index (κ1) is 23.4. The number of rotatable bonds is 5. The summed E-state index contributed by atoms with van der Waals surface area (Å²) in [4.78, 5) is 23.6. The van der Waals surface area contributed by atoms with Gasteiger partial charge in [0.2, 0.25) is 0 Å². The van der Waals surface area contributed by atoms with E-state index in [1.165, 1.54) is 12.1 Å². The van der Waals surface area contributed by atoms with Crippen LogP contribution in [0.5, 0.6) is 5.75 Å². The molecule has 6 rings (SSSR count). The molecule has 2 N–H and O–H groups in total. The van der Waals surface area contributed by atoms with E-state index in [2.05, 4.69) is 27.1 Å². The molecule has 3 heterocycles. The van der Waals surface area contributed by atoms with Gasteiger partial charge in [0.15, 0.2) is 0 Å². The first-order valence-corrected chi connectivity index (χ1v) is 12.5. The number of anilines is 1. The lowest BCUT2D eigenvalue weighted by atomic mass is 9.94. The molecule has 1 fully saturated rings. The fraction of sp³-hybridized carbons (Fsp3) is 0.241. The first-order valence-electron chi connectivity index (χ1n) is 12.5. The highest BCUT2D eigenvalue weighted by atomic mass is 19.1. The van der Waals surface area contributed by atoms with E-state index in [0.29, 0.717) is 33.9 Å². The fourth-order valence-corrected chi connectivity index (χ4v) is 5.17. The van der Waals surface area contributed by atoms with Gasteiger partial charge in [-0.3, -0.25) is 4.79 Å². The Morgan fingerprint density at radius 3 is 2.54 bits per heavy atom. The van der Waals surface area contributed by atoms with Crippen molar-refractivity contribution in [3.05, 3.63) is 89.2 Å². The minimum absolute atomic E-state index is 0.0884. The fourth-order valence-electron chi connectivity index (χ4n) is 5.17. The van der Waals surface area contributed by atoms with Gasteiger partial charge in [-0.15, -0.1) is 0 Å². The Morgan fingerprint density at radius 1 is 1.05 bits per heavy atom. The molecule has 188 valence electrons. The number of benzene rings is 3. The van der Waals surface area contributed by atoms with Crippen molar-refractivity contribution in [2.75, 3.05) is 25.0 Å². The number of H-pyrrole nitrogens is 1. The number of hydrogen-bond donors (Lipinski definition) is 2. The number of ether oxygens (including phenoxy) is 1. The van der Waals surface area contributed by atoms with Crippen LogP contribution in [0.1, 0.15) is 36.7 Å². The molecule has 0 unspecified atom stereocenters. The van der Waals surface area contributed by atoms with E-state index in [4.69, 9.17) is 4.74 Å². The van der Waals surface area contributed by atoms with Crippen LogP contribution in [0.2, 0.25) is 0 Å². The van der Waals surface area contributed by atoms with Crippen molar-refractivity contribution in [1.82, 2.24) is 14.9 Å². The van der Waals surface area contributed by atoms with E-state index in [-0.39, 0.29) is 23.1 Å². The highest BCUT2D eigenvalue weighted by Gasteiger charge is 2.31. The summed E-state index contributed by atoms with van der Waals surface area (Å²) >= 11 is 0. The summed E-state index contributed by atoms with van der Waals surface area (Å²) in [6, 6.07) is 16.1. The Bertz CT molecular complexity index is 1480. The largest absolute Gasteiger partial charge is 0.490 e. The second-order valence-electron chi connectivity index (χ2n) is 9.42. The molecule has 0 atom stereocenters. The highest BCUT2D eigenvalue weighted by molar-refractivity contribution is 6.38. The molecule has 4 aromatic rings. The molecule has 0 bridgehead atoms. The predicted octanol–water partition coefficient (Wildman–Crippen LogP) is 5.62. The topological polar surface area (TPSA) is 70.2 Å². The molecule has 0 radical (unpaired) electrons. The van der Waals surface area contributed by atoms with E-state index in [9.17, 15) is 13.6 Å². The molecule has 2 aliphatic heterocycles. The number of aromatic nitrogens is 2. The Hall–Kier alpha value is -4.04. The number of piperidine rings is 1. The predicted molar refractivity (Wildman–Crippen MR) is 139 cm³/mol. The average Bonchev–Trinajstić information content (AvgIpc) is 3.45. The van der Waals surface area contributed by atoms with Crippen LogP contribution in [-0.2, 0) is 4.79 Å². The van der Waals surface area contributed by atoms with Crippen LogP contribution in [0.4, 0.5) is 14.5 Å². The molecule has 1 saturated heterocycles. The molecular formula is C29H26F2N4O2. The molecule has 0 saturated carbocycles. The minimum atomic E-state index is -0.738. The lowest BCUT2D eigenvalue weighted by Gasteiger charge is -2.31. The van der Waals surface area contributed by atoms with Gasteiger partial charge in [0, 0.05) is 36.0 Å². The van der Waals surface area contributed by atoms with Gasteiger partial charge in [-0.25, -0.2) is 13.8 Å². The zero-order chi connectivity index (χ0) is 25.5. The SMILES string of the molecule is CCN1CCC(Oc2ccc3c(c2)/C(=C(\c2cc(F)cc(F)c2)c2nc4ccccc4[nH]2)C(=O)N3)CC1. The third-order valence-electron chi connectivity index (χ3n) is 7.05. The molecule has 1 aromatic heterocycles. The number of hydrogen-bond acceptors (Lipinski definition) is 4. The van der Waals surface area contributed by atoms with E-state index >= 15 is 0 Å². The first-order chi connectivity index (χ1) is 18.0. The number of para-hydroxylation sites is 2. The van der Waals surface area contributed by atoms with Crippen molar-refractivity contribution in [3.63, 3.8) is 0 Å². The zero-order valence-electron chi connectivity index (χ0n) is 20.4. The van der Waals surface area contributed by atoms with Crippen molar-refractivity contribution in [1.29, 1.82) is 0 Å². The number of fused-ring (bicyclic) bond motifs is 2. The number of likely N-dealkylation sites (tertiary alicyclic amines) is 1. The van der Waals surface area contributed by atoms with Gasteiger partial charge in [-0.1, -0.05) is 19.1 Å². The van der Waals surface area contributed by atoms with Crippen LogP contribution in [0.15, 0.2) is 60.7 Å². The normalized spacial score (nSPS) is 17.6. The third kappa shape index (κ3) is 4.49. The van der Waals surface area contributed by atoms with Crippen LogP contribution in [0, 0.1) is 11.6 Å². The molecule has 8 heteroatoms. The van der Waals surface area contributed by atoms with E-state index < -0.39 is 11.6 Å². The van der Waals surface area contributed by atoms with Crippen molar-refractivity contribution in [3.8, 4) is 5.75 Å². The average molecular weight is 501 g/mol. The summed E-state index contributed by atoms with van der Waals surface area (Å²) in [6.07, 6.45) is 1.94. The molecule has 1 amide bonds. The Morgan fingerprint density at radius 2 is 1.81 bits per heavy atom. The summed E-state index contributed by atoms with van der Waals surface area (Å²) in [6.45, 7) is 5.15. The van der Waals surface area contributed by atoms with Gasteiger partial charge in [-0.2, -0.15) is 0 Å². The minimum Gasteiger partial charge on any atom is -0.490 e. The smallest absolute Gasteiger partial charge is 0.257 e. The number of carbonyl (C=O) groups excluding carboxylic acids is 1. The second-order valence-corrected chi connectivity index (χ2v) is 9.42. The lowest BCUT2D eigenvalue weighted by Crippen LogP contribution is -2.37. The molecule has 37 heavy (non-hydrogen) atoms. The molecule has 6 nitrogen and oxygen atoms in total. The summed E-state index contributed by atoms with van der Waals surface area (Å²) < 4.78 is 35.0. The molecule has 0 aliphatic carbocycles. The number of imidazole rings is 1. The Labute approximate surface area is 213 Å². The molecular weight excluding hydrogens is 474 g/mol. The quantitative estimate of drug-likeness (QED) is 0.349. The van der Waals surface area contributed by atoms with Gasteiger partial charge < -0.3 is 19.9 Å². The maximum absolute atomic E-state index is 14.3. The number of halogens is 2. The van der Waals surface area contributed by atoms with E-state index in [1.54, 1.807) is 6.07 Å².